The van der Waals surface area contributed by atoms with Crippen molar-refractivity contribution in [3.8, 4) is 5.75 Å². The molecule has 0 unspecified atom stereocenters. The molecule has 0 aliphatic carbocycles. The summed E-state index contributed by atoms with van der Waals surface area (Å²) in [6, 6.07) is 8.44. The van der Waals surface area contributed by atoms with E-state index in [1.807, 2.05) is 6.92 Å². The van der Waals surface area contributed by atoms with Crippen molar-refractivity contribution < 1.29 is 19.1 Å². The largest absolute Gasteiger partial charge is 0.521 e. The summed E-state index contributed by atoms with van der Waals surface area (Å²) in [4.78, 5) is 22.0. The molecule has 1 rings (SSSR count). The fourth-order valence-electron chi connectivity index (χ4n) is 0.954. The van der Waals surface area contributed by atoms with Gasteiger partial charge in [0.15, 0.2) is 0 Å². The number of carbonyl (C=O) groups is 2. The molecule has 4 nitrogen and oxygen atoms in total. The summed E-state index contributed by atoms with van der Waals surface area (Å²) in [5, 5.41) is 0. The molecule has 15 heavy (non-hydrogen) atoms. The smallest absolute Gasteiger partial charge is 0.395 e. The van der Waals surface area contributed by atoms with Crippen molar-refractivity contribution in [2.45, 2.75) is 19.8 Å². The zero-order chi connectivity index (χ0) is 11.1. The lowest BCUT2D eigenvalue weighted by Crippen LogP contribution is -2.15. The second-order valence-corrected chi connectivity index (χ2v) is 2.89. The van der Waals surface area contributed by atoms with Crippen LogP contribution in [0.1, 0.15) is 19.8 Å². The van der Waals surface area contributed by atoms with Gasteiger partial charge in [-0.25, -0.2) is 4.79 Å². The summed E-state index contributed by atoms with van der Waals surface area (Å²) in [6.45, 7) is 1.82. The molecule has 0 heterocycles. The number of esters is 1. The Kier molecular flexibility index (Phi) is 4.34. The van der Waals surface area contributed by atoms with Gasteiger partial charge >= 0.3 is 12.1 Å². The molecule has 0 saturated heterocycles. The summed E-state index contributed by atoms with van der Waals surface area (Å²) < 4.78 is 9.14. The maximum Gasteiger partial charge on any atom is 0.521 e. The van der Waals surface area contributed by atoms with E-state index in [0.717, 1.165) is 0 Å². The van der Waals surface area contributed by atoms with Gasteiger partial charge in [-0.2, -0.15) is 0 Å². The van der Waals surface area contributed by atoms with Gasteiger partial charge in [-0.05, 0) is 18.6 Å². The van der Waals surface area contributed by atoms with Gasteiger partial charge in [0.1, 0.15) is 5.75 Å². The molecule has 0 fully saturated rings. The topological polar surface area (TPSA) is 52.6 Å². The van der Waals surface area contributed by atoms with Crippen LogP contribution < -0.4 is 4.74 Å². The monoisotopic (exact) mass is 208 g/mol. The molecule has 0 aromatic heterocycles. The minimum Gasteiger partial charge on any atom is -0.395 e. The summed E-state index contributed by atoms with van der Waals surface area (Å²) >= 11 is 0. The lowest BCUT2D eigenvalue weighted by atomic mass is 10.3. The number of ether oxygens (including phenoxy) is 2. The van der Waals surface area contributed by atoms with Crippen LogP contribution in [0, 0.1) is 0 Å². The predicted molar refractivity (Wildman–Crippen MR) is 53.5 cm³/mol. The van der Waals surface area contributed by atoms with Gasteiger partial charge in [0, 0.05) is 6.42 Å². The number of hydrogen-bond donors (Lipinski definition) is 0. The Morgan fingerprint density at radius 3 is 2.47 bits per heavy atom. The summed E-state index contributed by atoms with van der Waals surface area (Å²) in [5.74, 6) is -0.217. The number of rotatable bonds is 3. The molecule has 0 bridgehead atoms. The molecule has 0 radical (unpaired) electrons. The molecular weight excluding hydrogens is 196 g/mol. The Labute approximate surface area is 87.8 Å². The van der Waals surface area contributed by atoms with E-state index < -0.39 is 12.1 Å². The van der Waals surface area contributed by atoms with Crippen LogP contribution in [0.15, 0.2) is 30.3 Å². The second kappa shape index (κ2) is 5.80. The Morgan fingerprint density at radius 1 is 1.20 bits per heavy atom. The maximum absolute atomic E-state index is 11.0. The Hall–Kier alpha value is -1.84. The minimum atomic E-state index is -0.986. The van der Waals surface area contributed by atoms with Crippen molar-refractivity contribution in [2.75, 3.05) is 0 Å². The van der Waals surface area contributed by atoms with Crippen LogP contribution in [0.25, 0.3) is 0 Å². The van der Waals surface area contributed by atoms with Crippen LogP contribution in [0.3, 0.4) is 0 Å². The maximum atomic E-state index is 11.0. The van der Waals surface area contributed by atoms with Crippen LogP contribution >= 0.6 is 0 Å². The third-order valence-corrected chi connectivity index (χ3v) is 1.60. The van der Waals surface area contributed by atoms with Gasteiger partial charge in [-0.15, -0.1) is 0 Å². The highest BCUT2D eigenvalue weighted by atomic mass is 16.7. The SMILES string of the molecule is CCCC(=O)OC(=O)Oc1ccccc1. The first-order valence-corrected chi connectivity index (χ1v) is 4.70. The first kappa shape index (κ1) is 11.2. The van der Waals surface area contributed by atoms with Gasteiger partial charge in [0.25, 0.3) is 0 Å². The van der Waals surface area contributed by atoms with Crippen LogP contribution in [0.2, 0.25) is 0 Å². The van der Waals surface area contributed by atoms with Crippen molar-refractivity contribution in [1.82, 2.24) is 0 Å². The fraction of sp³-hybridized carbons (Fsp3) is 0.273. The van der Waals surface area contributed by atoms with E-state index >= 15 is 0 Å². The highest BCUT2D eigenvalue weighted by molar-refractivity contribution is 5.82. The second-order valence-electron chi connectivity index (χ2n) is 2.89. The molecule has 0 spiro atoms. The Bertz CT molecular complexity index is 332. The molecule has 4 heteroatoms. The van der Waals surface area contributed by atoms with Crippen molar-refractivity contribution in [1.29, 1.82) is 0 Å². The first-order chi connectivity index (χ1) is 7.22. The number of hydrogen-bond acceptors (Lipinski definition) is 4. The Morgan fingerprint density at radius 2 is 1.87 bits per heavy atom. The number of carbonyl (C=O) groups excluding carboxylic acids is 2. The zero-order valence-electron chi connectivity index (χ0n) is 8.43. The van der Waals surface area contributed by atoms with E-state index in [2.05, 4.69) is 4.74 Å². The molecule has 1 aromatic rings. The quantitative estimate of drug-likeness (QED) is 0.435. The van der Waals surface area contributed by atoms with Gasteiger partial charge in [-0.3, -0.25) is 4.79 Å². The van der Waals surface area contributed by atoms with Crippen molar-refractivity contribution in [2.24, 2.45) is 0 Å². The van der Waals surface area contributed by atoms with Gasteiger partial charge in [-0.1, -0.05) is 25.1 Å². The highest BCUT2D eigenvalue weighted by Crippen LogP contribution is 2.09. The average Bonchev–Trinajstić information content (AvgIpc) is 2.19. The van der Waals surface area contributed by atoms with Crippen LogP contribution in [-0.2, 0) is 9.53 Å². The van der Waals surface area contributed by atoms with Gasteiger partial charge in [0.2, 0.25) is 0 Å². The number of benzene rings is 1. The predicted octanol–water partition coefficient (Wildman–Crippen LogP) is 2.53. The molecule has 1 aromatic carbocycles. The number of para-hydroxylation sites is 1. The van der Waals surface area contributed by atoms with E-state index in [4.69, 9.17) is 4.74 Å². The molecule has 0 N–H and O–H groups in total. The van der Waals surface area contributed by atoms with Crippen LogP contribution in [0.5, 0.6) is 5.75 Å². The van der Waals surface area contributed by atoms with Gasteiger partial charge < -0.3 is 9.47 Å². The van der Waals surface area contributed by atoms with Crippen molar-refractivity contribution >= 4 is 12.1 Å². The van der Waals surface area contributed by atoms with Crippen LogP contribution in [-0.4, -0.2) is 12.1 Å². The molecular formula is C11H12O4. The summed E-state index contributed by atoms with van der Waals surface area (Å²) in [6.07, 6.45) is -0.138. The Balaban J connectivity index is 2.40. The first-order valence-electron chi connectivity index (χ1n) is 4.70. The normalized spacial score (nSPS) is 9.40. The minimum absolute atomic E-state index is 0.212. The van der Waals surface area contributed by atoms with Crippen LogP contribution in [0.4, 0.5) is 4.79 Å². The molecule has 0 aliphatic rings. The van der Waals surface area contributed by atoms with E-state index in [0.29, 0.717) is 12.2 Å². The van der Waals surface area contributed by atoms with E-state index in [9.17, 15) is 9.59 Å². The summed E-state index contributed by atoms with van der Waals surface area (Å²) in [5.41, 5.74) is 0. The molecule has 0 atom stereocenters. The fourth-order valence-corrected chi connectivity index (χ4v) is 0.954. The lowest BCUT2D eigenvalue weighted by Gasteiger charge is -2.03. The van der Waals surface area contributed by atoms with E-state index in [1.54, 1.807) is 30.3 Å². The van der Waals surface area contributed by atoms with Gasteiger partial charge in [0.05, 0.1) is 0 Å². The summed E-state index contributed by atoms with van der Waals surface area (Å²) in [7, 11) is 0. The van der Waals surface area contributed by atoms with Crippen molar-refractivity contribution in [3.63, 3.8) is 0 Å². The molecule has 0 aliphatic heterocycles. The third-order valence-electron chi connectivity index (χ3n) is 1.60. The molecule has 0 amide bonds. The standard InChI is InChI=1S/C11H12O4/c1-2-6-10(12)15-11(13)14-9-7-4-3-5-8-9/h3-5,7-8H,2,6H2,1H3. The van der Waals surface area contributed by atoms with E-state index in [-0.39, 0.29) is 6.42 Å². The zero-order valence-corrected chi connectivity index (χ0v) is 8.43. The van der Waals surface area contributed by atoms with E-state index in [1.165, 1.54) is 0 Å². The molecule has 0 saturated carbocycles. The molecule has 80 valence electrons. The van der Waals surface area contributed by atoms with Crippen molar-refractivity contribution in [3.05, 3.63) is 30.3 Å². The highest BCUT2D eigenvalue weighted by Gasteiger charge is 2.11. The lowest BCUT2D eigenvalue weighted by molar-refractivity contribution is -0.138. The third kappa shape index (κ3) is 4.26. The average molecular weight is 208 g/mol.